The lowest BCUT2D eigenvalue weighted by Crippen LogP contribution is -1.69. The second-order valence-electron chi connectivity index (χ2n) is 0.908. The Balaban J connectivity index is 0. The van der Waals surface area contributed by atoms with Crippen LogP contribution in [0.3, 0.4) is 0 Å². The minimum Gasteiger partial charge on any atom is -0.300 e. The Morgan fingerprint density at radius 1 is 1.33 bits per heavy atom. The minimum atomic E-state index is 0.167. The number of ketones is 1. The maximum atomic E-state index is 9.44. The van der Waals surface area contributed by atoms with Crippen molar-refractivity contribution in [2.24, 2.45) is 0 Å². The summed E-state index contributed by atoms with van der Waals surface area (Å²) in [5, 5.41) is 0. The van der Waals surface area contributed by atoms with Gasteiger partial charge in [0, 0.05) is 0 Å². The fourth-order valence-corrected chi connectivity index (χ4v) is 0. The zero-order chi connectivity index (χ0) is 5.58. The lowest BCUT2D eigenvalue weighted by molar-refractivity contribution is -0.114. The predicted octanol–water partition coefficient (Wildman–Crippen LogP) is 1.65. The van der Waals surface area contributed by atoms with E-state index >= 15 is 0 Å². The van der Waals surface area contributed by atoms with E-state index < -0.39 is 0 Å². The molecule has 6 heavy (non-hydrogen) atoms. The Morgan fingerprint density at radius 2 is 1.33 bits per heavy atom. The van der Waals surface area contributed by atoms with Crippen LogP contribution in [0.25, 0.3) is 0 Å². The SMILES string of the molecule is CC(C)=O.CI. The molecule has 2 heteroatoms. The van der Waals surface area contributed by atoms with E-state index in [2.05, 4.69) is 22.6 Å². The number of rotatable bonds is 0. The Kier molecular flexibility index (Phi) is 14.5. The number of carbonyl (C=O) groups excluding carboxylic acids is 1. The van der Waals surface area contributed by atoms with Crippen molar-refractivity contribution in [3.63, 3.8) is 0 Å². The lowest BCUT2D eigenvalue weighted by Gasteiger charge is -1.56. The number of hydrogen-bond acceptors (Lipinski definition) is 1. The zero-order valence-electron chi connectivity index (χ0n) is 4.29. The molecule has 0 saturated heterocycles. The van der Waals surface area contributed by atoms with Crippen molar-refractivity contribution >= 4 is 28.4 Å². The maximum absolute atomic E-state index is 9.44. The Morgan fingerprint density at radius 3 is 1.33 bits per heavy atom. The summed E-state index contributed by atoms with van der Waals surface area (Å²) in [5.41, 5.74) is 0. The van der Waals surface area contributed by atoms with E-state index in [9.17, 15) is 4.79 Å². The third-order valence-corrected chi connectivity index (χ3v) is 0. The normalized spacial score (nSPS) is 5.33. The Bertz CT molecular complexity index is 30.5. The molecule has 0 bridgehead atoms. The molecule has 0 aliphatic carbocycles. The van der Waals surface area contributed by atoms with Gasteiger partial charge in [0.1, 0.15) is 5.78 Å². The summed E-state index contributed by atoms with van der Waals surface area (Å²) in [7, 11) is 0. The summed E-state index contributed by atoms with van der Waals surface area (Å²) in [4.78, 5) is 11.4. The number of hydrogen-bond donors (Lipinski definition) is 0. The Labute approximate surface area is 52.3 Å². The molecule has 1 nitrogen and oxygen atoms in total. The first-order chi connectivity index (χ1) is 2.73. The number of halogens is 1. The monoisotopic (exact) mass is 200 g/mol. The van der Waals surface area contributed by atoms with Crippen molar-refractivity contribution in [3.8, 4) is 0 Å². The quantitative estimate of drug-likeness (QED) is 0.429. The van der Waals surface area contributed by atoms with Crippen LogP contribution in [0.4, 0.5) is 0 Å². The zero-order valence-corrected chi connectivity index (χ0v) is 6.44. The van der Waals surface area contributed by atoms with Crippen LogP contribution in [0, 0.1) is 0 Å². The molecule has 0 aliphatic heterocycles. The molecule has 0 amide bonds. The third kappa shape index (κ3) is 318. The fraction of sp³-hybridized carbons (Fsp3) is 0.750. The lowest BCUT2D eigenvalue weighted by atomic mass is 10.6. The van der Waals surface area contributed by atoms with Gasteiger partial charge in [-0.3, -0.25) is 0 Å². The van der Waals surface area contributed by atoms with Gasteiger partial charge in [-0.15, -0.1) is 0 Å². The predicted molar refractivity (Wildman–Crippen MR) is 36.3 cm³/mol. The van der Waals surface area contributed by atoms with Crippen LogP contribution in [-0.4, -0.2) is 10.7 Å². The molecule has 0 atom stereocenters. The van der Waals surface area contributed by atoms with Crippen LogP contribution in [-0.2, 0) is 4.79 Å². The van der Waals surface area contributed by atoms with Crippen molar-refractivity contribution in [1.82, 2.24) is 0 Å². The van der Waals surface area contributed by atoms with Gasteiger partial charge < -0.3 is 4.79 Å². The van der Waals surface area contributed by atoms with E-state index in [1.165, 1.54) is 13.8 Å². The van der Waals surface area contributed by atoms with Crippen LogP contribution < -0.4 is 0 Å². The molecule has 0 unspecified atom stereocenters. The average Bonchev–Trinajstić information content (AvgIpc) is 1.41. The number of alkyl halides is 1. The van der Waals surface area contributed by atoms with Crippen LogP contribution in [0.2, 0.25) is 0 Å². The van der Waals surface area contributed by atoms with Crippen molar-refractivity contribution < 1.29 is 4.79 Å². The molecule has 0 spiro atoms. The molecule has 0 aliphatic rings. The van der Waals surface area contributed by atoms with E-state index in [0.29, 0.717) is 0 Å². The Hall–Kier alpha value is 0.400. The standard InChI is InChI=1S/C3H6O.CH3I/c1-3(2)4;1-2/h1-2H3;1H3. The molecular formula is C4H9IO. The van der Waals surface area contributed by atoms with Crippen LogP contribution in [0.5, 0.6) is 0 Å². The molecule has 0 aromatic rings. The van der Waals surface area contributed by atoms with Crippen LogP contribution >= 0.6 is 22.6 Å². The van der Waals surface area contributed by atoms with Gasteiger partial charge in [0.2, 0.25) is 0 Å². The van der Waals surface area contributed by atoms with Crippen molar-refractivity contribution in [2.75, 3.05) is 4.93 Å². The van der Waals surface area contributed by atoms with Gasteiger partial charge in [0.25, 0.3) is 0 Å². The van der Waals surface area contributed by atoms with E-state index in [1.807, 2.05) is 4.93 Å². The maximum Gasteiger partial charge on any atom is 0.126 e. The average molecular weight is 200 g/mol. The van der Waals surface area contributed by atoms with Crippen LogP contribution in [0.15, 0.2) is 0 Å². The molecule has 0 aromatic heterocycles. The number of Topliss-reactive ketones (excluding diaryl/α,β-unsaturated/α-hetero) is 1. The highest BCUT2D eigenvalue weighted by molar-refractivity contribution is 14.1. The highest BCUT2D eigenvalue weighted by Gasteiger charge is 1.62. The fourth-order valence-electron chi connectivity index (χ4n) is 0. The third-order valence-electron chi connectivity index (χ3n) is 0. The summed E-state index contributed by atoms with van der Waals surface area (Å²) in [6.45, 7) is 3.06. The molecular weight excluding hydrogens is 191 g/mol. The van der Waals surface area contributed by atoms with Gasteiger partial charge in [-0.05, 0) is 18.8 Å². The summed E-state index contributed by atoms with van der Waals surface area (Å²) in [5.74, 6) is 0.167. The first-order valence-corrected chi connectivity index (χ1v) is 3.74. The second-order valence-corrected chi connectivity index (χ2v) is 0.908. The smallest absolute Gasteiger partial charge is 0.126 e. The molecule has 0 fully saturated rings. The van der Waals surface area contributed by atoms with Gasteiger partial charge in [0.05, 0.1) is 0 Å². The molecule has 0 radical (unpaired) electrons. The highest BCUT2D eigenvalue weighted by atomic mass is 127. The molecule has 0 aromatic carbocycles. The number of carbonyl (C=O) groups is 1. The summed E-state index contributed by atoms with van der Waals surface area (Å²) >= 11 is 2.15. The first kappa shape index (κ1) is 9.64. The van der Waals surface area contributed by atoms with E-state index in [1.54, 1.807) is 0 Å². The highest BCUT2D eigenvalue weighted by Crippen LogP contribution is 1.50. The molecule has 38 valence electrons. The first-order valence-electron chi connectivity index (χ1n) is 1.58. The molecule has 0 rings (SSSR count). The van der Waals surface area contributed by atoms with Crippen molar-refractivity contribution in [2.45, 2.75) is 13.8 Å². The molecule has 0 saturated carbocycles. The molecule has 0 N–H and O–H groups in total. The second kappa shape index (κ2) is 9.04. The largest absolute Gasteiger partial charge is 0.300 e. The van der Waals surface area contributed by atoms with E-state index in [-0.39, 0.29) is 5.78 Å². The summed E-state index contributed by atoms with van der Waals surface area (Å²) in [6.07, 6.45) is 0. The topological polar surface area (TPSA) is 17.1 Å². The molecule has 0 heterocycles. The summed E-state index contributed by atoms with van der Waals surface area (Å²) in [6, 6.07) is 0. The minimum absolute atomic E-state index is 0.167. The van der Waals surface area contributed by atoms with Crippen molar-refractivity contribution in [1.29, 1.82) is 0 Å². The van der Waals surface area contributed by atoms with Gasteiger partial charge in [-0.2, -0.15) is 0 Å². The van der Waals surface area contributed by atoms with E-state index in [4.69, 9.17) is 0 Å². The van der Waals surface area contributed by atoms with Gasteiger partial charge >= 0.3 is 0 Å². The van der Waals surface area contributed by atoms with Gasteiger partial charge in [-0.25, -0.2) is 0 Å². The van der Waals surface area contributed by atoms with Crippen LogP contribution in [0.1, 0.15) is 13.8 Å². The van der Waals surface area contributed by atoms with Gasteiger partial charge in [0.15, 0.2) is 0 Å². The van der Waals surface area contributed by atoms with Gasteiger partial charge in [-0.1, -0.05) is 22.6 Å². The summed E-state index contributed by atoms with van der Waals surface area (Å²) < 4.78 is 0. The van der Waals surface area contributed by atoms with Crippen molar-refractivity contribution in [3.05, 3.63) is 0 Å². The van der Waals surface area contributed by atoms with E-state index in [0.717, 1.165) is 0 Å².